The van der Waals surface area contributed by atoms with E-state index in [2.05, 4.69) is 49.3 Å². The van der Waals surface area contributed by atoms with Crippen LogP contribution in [0.3, 0.4) is 0 Å². The monoisotopic (exact) mass is 282 g/mol. The lowest BCUT2D eigenvalue weighted by atomic mass is 9.90. The molecule has 0 saturated carbocycles. The van der Waals surface area contributed by atoms with E-state index in [0.717, 1.165) is 25.9 Å². The fourth-order valence-electron chi connectivity index (χ4n) is 2.61. The molecule has 1 aliphatic carbocycles. The van der Waals surface area contributed by atoms with Gasteiger partial charge in [-0.25, -0.2) is 0 Å². The Kier molecular flexibility index (Phi) is 8.36. The zero-order valence-corrected chi connectivity index (χ0v) is 13.6. The van der Waals surface area contributed by atoms with Crippen molar-refractivity contribution in [1.29, 1.82) is 0 Å². The highest BCUT2D eigenvalue weighted by Gasteiger charge is 2.18. The third-order valence-corrected chi connectivity index (χ3v) is 3.59. The summed E-state index contributed by atoms with van der Waals surface area (Å²) in [7, 11) is 0. The first kappa shape index (κ1) is 17.4. The Hall–Kier alpha value is -1.68. The summed E-state index contributed by atoms with van der Waals surface area (Å²) in [5.74, 6) is 6.41. The van der Waals surface area contributed by atoms with E-state index in [4.69, 9.17) is 0 Å². The maximum atomic E-state index is 3.87. The minimum atomic E-state index is 0.828. The number of allylic oxidation sites excluding steroid dienone is 4. The van der Waals surface area contributed by atoms with Gasteiger partial charge in [-0.05, 0) is 31.8 Å². The van der Waals surface area contributed by atoms with Gasteiger partial charge < -0.3 is 4.90 Å². The molecule has 0 N–H and O–H groups in total. The molecule has 1 aliphatic rings. The van der Waals surface area contributed by atoms with Crippen LogP contribution < -0.4 is 0 Å². The van der Waals surface area contributed by atoms with Crippen LogP contribution in [-0.2, 0) is 0 Å². The maximum Gasteiger partial charge on any atom is 0.0468 e. The lowest BCUT2D eigenvalue weighted by Gasteiger charge is -2.29. The summed E-state index contributed by atoms with van der Waals surface area (Å²) in [5, 5.41) is 0. The summed E-state index contributed by atoms with van der Waals surface area (Å²) in [5.41, 5.74) is 3.86. The molecule has 0 saturated heterocycles. The van der Waals surface area contributed by atoms with Gasteiger partial charge in [0.25, 0.3) is 0 Å². The number of rotatable bonds is 9. The highest BCUT2D eigenvalue weighted by Crippen LogP contribution is 2.30. The van der Waals surface area contributed by atoms with Gasteiger partial charge in [-0.1, -0.05) is 43.9 Å². The highest BCUT2D eigenvalue weighted by molar-refractivity contribution is 5.53. The Bertz CT molecular complexity index is 458. The smallest absolute Gasteiger partial charge is 0.0468 e. The lowest BCUT2D eigenvalue weighted by Crippen LogP contribution is -2.26. The van der Waals surface area contributed by atoms with Crippen LogP contribution in [0, 0.1) is 18.3 Å². The van der Waals surface area contributed by atoms with Crippen LogP contribution in [0.5, 0.6) is 0 Å². The van der Waals surface area contributed by atoms with E-state index in [0.29, 0.717) is 0 Å². The molecule has 1 nitrogen and oxygen atoms in total. The molecule has 0 unspecified atom stereocenters. The molecule has 1 radical (unpaired) electrons. The first-order valence-electron chi connectivity index (χ1n) is 7.94. The van der Waals surface area contributed by atoms with Gasteiger partial charge in [0.1, 0.15) is 0 Å². The second-order valence-corrected chi connectivity index (χ2v) is 5.24. The Morgan fingerprint density at radius 2 is 1.95 bits per heavy atom. The van der Waals surface area contributed by atoms with Crippen molar-refractivity contribution in [1.82, 2.24) is 4.90 Å². The van der Waals surface area contributed by atoms with E-state index in [9.17, 15) is 0 Å². The summed E-state index contributed by atoms with van der Waals surface area (Å²) in [4.78, 5) is 2.30. The van der Waals surface area contributed by atoms with E-state index in [1.54, 1.807) is 0 Å². The second kappa shape index (κ2) is 10.1. The fourth-order valence-corrected chi connectivity index (χ4v) is 2.61. The molecule has 0 aromatic rings. The van der Waals surface area contributed by atoms with E-state index in [1.807, 2.05) is 19.1 Å². The van der Waals surface area contributed by atoms with Crippen molar-refractivity contribution < 1.29 is 0 Å². The molecule has 0 bridgehead atoms. The lowest BCUT2D eigenvalue weighted by molar-refractivity contribution is 0.422. The molecule has 0 aliphatic heterocycles. The van der Waals surface area contributed by atoms with E-state index in [-0.39, 0.29) is 0 Å². The molecule has 1 heteroatoms. The normalized spacial score (nSPS) is 14.1. The quantitative estimate of drug-likeness (QED) is 0.325. The highest BCUT2D eigenvalue weighted by atomic mass is 15.1. The average Bonchev–Trinajstić information content (AvgIpc) is 2.49. The van der Waals surface area contributed by atoms with Crippen molar-refractivity contribution in [3.05, 3.63) is 54.7 Å². The fraction of sp³-hybridized carbons (Fsp3) is 0.450. The molecular formula is C20H28N. The molecule has 1 rings (SSSR count). The standard InChI is InChI=1S/C20H28N/c1-5-9-10-13-18-14-11-15-20(19(18)12-6-2)21(16-7-3)17-8-4/h7-8,14-15H,3-5,9-11,13,16-17H2,1-2H3. The Morgan fingerprint density at radius 3 is 2.52 bits per heavy atom. The first-order chi connectivity index (χ1) is 10.3. The zero-order valence-electron chi connectivity index (χ0n) is 13.6. The van der Waals surface area contributed by atoms with Crippen LogP contribution in [0.15, 0.2) is 48.2 Å². The molecule has 0 aromatic heterocycles. The Balaban J connectivity index is 3.04. The Morgan fingerprint density at radius 1 is 1.24 bits per heavy atom. The van der Waals surface area contributed by atoms with E-state index >= 15 is 0 Å². The summed E-state index contributed by atoms with van der Waals surface area (Å²) < 4.78 is 0. The summed E-state index contributed by atoms with van der Waals surface area (Å²) >= 11 is 0. The third kappa shape index (κ3) is 5.31. The van der Waals surface area contributed by atoms with Crippen LogP contribution in [0.2, 0.25) is 0 Å². The molecule has 0 spiro atoms. The molecule has 113 valence electrons. The SMILES string of the molecule is C=CCN(CC=C)C1=C(C#CC)C(CCCCC)=CC[CH]1. The number of hydrogen-bond donors (Lipinski definition) is 0. The molecule has 0 atom stereocenters. The predicted octanol–water partition coefficient (Wildman–Crippen LogP) is 5.05. The van der Waals surface area contributed by atoms with Crippen molar-refractivity contribution in [2.75, 3.05) is 13.1 Å². The third-order valence-electron chi connectivity index (χ3n) is 3.59. The van der Waals surface area contributed by atoms with Gasteiger partial charge in [0.15, 0.2) is 0 Å². The van der Waals surface area contributed by atoms with Crippen molar-refractivity contribution in [2.24, 2.45) is 0 Å². The van der Waals surface area contributed by atoms with Gasteiger partial charge in [0.2, 0.25) is 0 Å². The maximum absolute atomic E-state index is 3.87. The summed E-state index contributed by atoms with van der Waals surface area (Å²) in [6, 6.07) is 0. The first-order valence-corrected chi connectivity index (χ1v) is 7.94. The Labute approximate surface area is 131 Å². The number of hydrogen-bond acceptors (Lipinski definition) is 1. The molecule has 0 aromatic carbocycles. The molecule has 21 heavy (non-hydrogen) atoms. The van der Waals surface area contributed by atoms with Gasteiger partial charge in [-0.2, -0.15) is 0 Å². The largest absolute Gasteiger partial charge is 0.366 e. The summed E-state index contributed by atoms with van der Waals surface area (Å²) in [6.07, 6.45) is 14.4. The van der Waals surface area contributed by atoms with E-state index in [1.165, 1.54) is 36.1 Å². The number of unbranched alkanes of at least 4 members (excludes halogenated alkanes) is 2. The van der Waals surface area contributed by atoms with Crippen LogP contribution in [0.4, 0.5) is 0 Å². The van der Waals surface area contributed by atoms with Gasteiger partial charge in [-0.3, -0.25) is 0 Å². The van der Waals surface area contributed by atoms with Crippen LogP contribution in [-0.4, -0.2) is 18.0 Å². The van der Waals surface area contributed by atoms with Crippen LogP contribution in [0.25, 0.3) is 0 Å². The molecular weight excluding hydrogens is 254 g/mol. The molecule has 0 heterocycles. The summed E-state index contributed by atoms with van der Waals surface area (Å²) in [6.45, 7) is 13.5. The minimum Gasteiger partial charge on any atom is -0.366 e. The van der Waals surface area contributed by atoms with Gasteiger partial charge >= 0.3 is 0 Å². The van der Waals surface area contributed by atoms with Crippen molar-refractivity contribution in [3.8, 4) is 11.8 Å². The van der Waals surface area contributed by atoms with Crippen molar-refractivity contribution >= 4 is 0 Å². The second-order valence-electron chi connectivity index (χ2n) is 5.24. The average molecular weight is 282 g/mol. The van der Waals surface area contributed by atoms with E-state index < -0.39 is 0 Å². The molecule has 0 fully saturated rings. The molecule has 0 amide bonds. The van der Waals surface area contributed by atoms with Gasteiger partial charge in [0, 0.05) is 30.8 Å². The zero-order chi connectivity index (χ0) is 15.5. The van der Waals surface area contributed by atoms with Crippen LogP contribution >= 0.6 is 0 Å². The van der Waals surface area contributed by atoms with Crippen molar-refractivity contribution in [3.63, 3.8) is 0 Å². The topological polar surface area (TPSA) is 3.24 Å². The number of nitrogens with zero attached hydrogens (tertiary/aromatic N) is 1. The predicted molar refractivity (Wildman–Crippen MR) is 93.6 cm³/mol. The van der Waals surface area contributed by atoms with Crippen LogP contribution in [0.1, 0.15) is 46.0 Å². The van der Waals surface area contributed by atoms with Crippen molar-refractivity contribution in [2.45, 2.75) is 46.0 Å². The van der Waals surface area contributed by atoms with Gasteiger partial charge in [0.05, 0.1) is 0 Å². The van der Waals surface area contributed by atoms with Gasteiger partial charge in [-0.15, -0.1) is 19.1 Å². The minimum absolute atomic E-state index is 0.828.